The summed E-state index contributed by atoms with van der Waals surface area (Å²) in [5.74, 6) is 0.546. The van der Waals surface area contributed by atoms with Crippen molar-refractivity contribution in [3.63, 3.8) is 0 Å². The number of carbonyl (C=O) groups excluding carboxylic acids is 1. The van der Waals surface area contributed by atoms with Gasteiger partial charge in [0.25, 0.3) is 0 Å². The van der Waals surface area contributed by atoms with Crippen LogP contribution in [0.15, 0.2) is 51.9 Å². The molecular weight excluding hydrogens is 400 g/mol. The average Bonchev–Trinajstić information content (AvgIpc) is 2.72. The number of hydrogen-bond donors (Lipinski definition) is 0. The van der Waals surface area contributed by atoms with Gasteiger partial charge in [-0.2, -0.15) is 0 Å². The fourth-order valence-corrected chi connectivity index (χ4v) is 3.07. The first kappa shape index (κ1) is 22.4. The van der Waals surface area contributed by atoms with Crippen molar-refractivity contribution in [3.05, 3.63) is 64.0 Å². The molecule has 31 heavy (non-hydrogen) atoms. The van der Waals surface area contributed by atoms with Gasteiger partial charge in [-0.05, 0) is 63.1 Å². The minimum absolute atomic E-state index is 0.0948. The van der Waals surface area contributed by atoms with Crippen LogP contribution in [0.2, 0.25) is 0 Å². The Morgan fingerprint density at radius 3 is 2.48 bits per heavy atom. The Balaban J connectivity index is 1.72. The summed E-state index contributed by atoms with van der Waals surface area (Å²) in [6.07, 6.45) is 0.454. The highest BCUT2D eigenvalue weighted by molar-refractivity contribution is 5.79. The third kappa shape index (κ3) is 5.86. The Morgan fingerprint density at radius 1 is 1.03 bits per heavy atom. The van der Waals surface area contributed by atoms with Crippen LogP contribution in [0.5, 0.6) is 17.2 Å². The molecule has 0 aliphatic carbocycles. The smallest absolute Gasteiger partial charge is 0.347 e. The summed E-state index contributed by atoms with van der Waals surface area (Å²) in [5, 5.41) is 0.348. The Morgan fingerprint density at radius 2 is 1.77 bits per heavy atom. The second-order valence-electron chi connectivity index (χ2n) is 7.14. The molecule has 0 saturated carbocycles. The van der Waals surface area contributed by atoms with Crippen LogP contribution in [0.25, 0.3) is 11.0 Å². The zero-order valence-corrected chi connectivity index (χ0v) is 18.1. The zero-order chi connectivity index (χ0) is 22.4. The lowest BCUT2D eigenvalue weighted by Crippen LogP contribution is -2.27. The molecule has 7 heteroatoms. The van der Waals surface area contributed by atoms with Crippen molar-refractivity contribution >= 4 is 16.9 Å². The van der Waals surface area contributed by atoms with Gasteiger partial charge in [0.05, 0.1) is 12.0 Å². The van der Waals surface area contributed by atoms with Crippen LogP contribution in [-0.2, 0) is 14.3 Å². The van der Waals surface area contributed by atoms with Gasteiger partial charge >= 0.3 is 5.97 Å². The summed E-state index contributed by atoms with van der Waals surface area (Å²) in [4.78, 5) is 24.8. The van der Waals surface area contributed by atoms with Gasteiger partial charge in [0, 0.05) is 12.7 Å². The Kier molecular flexibility index (Phi) is 7.31. The van der Waals surface area contributed by atoms with Gasteiger partial charge in [-0.3, -0.25) is 4.79 Å². The van der Waals surface area contributed by atoms with Crippen molar-refractivity contribution in [1.82, 2.24) is 0 Å². The summed E-state index contributed by atoms with van der Waals surface area (Å²) in [6.45, 7) is 8.43. The third-order valence-electron chi connectivity index (χ3n) is 4.46. The van der Waals surface area contributed by atoms with Crippen LogP contribution in [0.1, 0.15) is 25.0 Å². The van der Waals surface area contributed by atoms with Crippen molar-refractivity contribution in [2.75, 3.05) is 19.8 Å². The van der Waals surface area contributed by atoms with Gasteiger partial charge in [-0.1, -0.05) is 6.07 Å². The van der Waals surface area contributed by atoms with Crippen molar-refractivity contribution in [1.29, 1.82) is 0 Å². The van der Waals surface area contributed by atoms with Crippen LogP contribution in [-0.4, -0.2) is 31.9 Å². The molecule has 0 N–H and O–H groups in total. The maximum atomic E-state index is 12.8. The molecule has 0 aliphatic heterocycles. The first-order chi connectivity index (χ1) is 14.9. The molecule has 1 aromatic heterocycles. The fraction of sp³-hybridized carbons (Fsp3) is 0.333. The maximum absolute atomic E-state index is 12.8. The van der Waals surface area contributed by atoms with Gasteiger partial charge in [-0.15, -0.1) is 0 Å². The highest BCUT2D eigenvalue weighted by atomic mass is 16.6. The standard InChI is InChI=1S/C24H26O7/c1-5-27-8-9-28-24(26)17(4)30-18-6-7-20-21(13-18)29-14-22(23(20)25)31-19-11-15(2)10-16(3)12-19/h6-7,10-14,17H,5,8-9H2,1-4H3/t17-/m0/s1. The first-order valence-corrected chi connectivity index (χ1v) is 10.1. The molecule has 3 aromatic rings. The fourth-order valence-electron chi connectivity index (χ4n) is 3.07. The lowest BCUT2D eigenvalue weighted by atomic mass is 10.1. The summed E-state index contributed by atoms with van der Waals surface area (Å²) in [5.41, 5.74) is 2.10. The highest BCUT2D eigenvalue weighted by Gasteiger charge is 2.17. The zero-order valence-electron chi connectivity index (χ0n) is 18.1. The molecule has 0 fully saturated rings. The van der Waals surface area contributed by atoms with Crippen LogP contribution in [0, 0.1) is 13.8 Å². The number of benzene rings is 2. The van der Waals surface area contributed by atoms with E-state index in [9.17, 15) is 9.59 Å². The summed E-state index contributed by atoms with van der Waals surface area (Å²) >= 11 is 0. The topological polar surface area (TPSA) is 84.2 Å². The van der Waals surface area contributed by atoms with Crippen molar-refractivity contribution in [2.24, 2.45) is 0 Å². The normalized spacial score (nSPS) is 11.9. The van der Waals surface area contributed by atoms with E-state index in [0.29, 0.717) is 35.7 Å². The number of rotatable bonds is 9. The van der Waals surface area contributed by atoms with E-state index < -0.39 is 12.1 Å². The molecule has 0 aliphatic rings. The first-order valence-electron chi connectivity index (χ1n) is 10.1. The lowest BCUT2D eigenvalue weighted by molar-refractivity contribution is -0.152. The number of esters is 1. The molecule has 7 nitrogen and oxygen atoms in total. The number of hydrogen-bond acceptors (Lipinski definition) is 7. The maximum Gasteiger partial charge on any atom is 0.347 e. The quantitative estimate of drug-likeness (QED) is 0.367. The van der Waals surface area contributed by atoms with E-state index in [2.05, 4.69) is 0 Å². The Labute approximate surface area is 180 Å². The van der Waals surface area contributed by atoms with Crippen molar-refractivity contribution in [3.8, 4) is 17.2 Å². The summed E-state index contributed by atoms with van der Waals surface area (Å²) in [6, 6.07) is 10.5. The van der Waals surface area contributed by atoms with E-state index >= 15 is 0 Å². The number of fused-ring (bicyclic) bond motifs is 1. The van der Waals surface area contributed by atoms with Crippen molar-refractivity contribution < 1.29 is 28.2 Å². The molecule has 1 heterocycles. The molecular formula is C24H26O7. The number of ether oxygens (including phenoxy) is 4. The van der Waals surface area contributed by atoms with Crippen LogP contribution in [0.4, 0.5) is 0 Å². The van der Waals surface area contributed by atoms with E-state index in [4.69, 9.17) is 23.4 Å². The predicted octanol–water partition coefficient (Wildman–Crippen LogP) is 4.55. The van der Waals surface area contributed by atoms with Gasteiger partial charge in [0.15, 0.2) is 6.10 Å². The molecule has 0 radical (unpaired) electrons. The second-order valence-corrected chi connectivity index (χ2v) is 7.14. The molecule has 2 aromatic carbocycles. The monoisotopic (exact) mass is 426 g/mol. The summed E-state index contributed by atoms with van der Waals surface area (Å²) in [7, 11) is 0. The molecule has 0 spiro atoms. The Hall–Kier alpha value is -3.32. The molecule has 3 rings (SSSR count). The summed E-state index contributed by atoms with van der Waals surface area (Å²) < 4.78 is 27.2. The molecule has 1 atom stereocenters. The van der Waals surface area contributed by atoms with Gasteiger partial charge in [0.1, 0.15) is 30.0 Å². The molecule has 0 amide bonds. The average molecular weight is 426 g/mol. The largest absolute Gasteiger partial charge is 0.479 e. The van der Waals surface area contributed by atoms with E-state index in [-0.39, 0.29) is 17.8 Å². The van der Waals surface area contributed by atoms with Crippen LogP contribution in [0.3, 0.4) is 0 Å². The predicted molar refractivity (Wildman–Crippen MR) is 116 cm³/mol. The van der Waals surface area contributed by atoms with Gasteiger partial charge in [0.2, 0.25) is 11.2 Å². The second kappa shape index (κ2) is 10.1. The van der Waals surface area contributed by atoms with Crippen LogP contribution < -0.4 is 14.9 Å². The highest BCUT2D eigenvalue weighted by Crippen LogP contribution is 2.25. The van der Waals surface area contributed by atoms with Crippen molar-refractivity contribution in [2.45, 2.75) is 33.8 Å². The molecule has 0 unspecified atom stereocenters. The SMILES string of the molecule is CCOCCOC(=O)[C@H](C)Oc1ccc2c(=O)c(Oc3cc(C)cc(C)c3)coc2c1. The van der Waals surface area contributed by atoms with E-state index in [0.717, 1.165) is 11.1 Å². The lowest BCUT2D eigenvalue weighted by Gasteiger charge is -2.14. The van der Waals surface area contributed by atoms with Crippen LogP contribution >= 0.6 is 0 Å². The Bertz CT molecular complexity index is 1100. The minimum Gasteiger partial charge on any atom is -0.479 e. The molecule has 0 saturated heterocycles. The molecule has 164 valence electrons. The number of carbonyl (C=O) groups is 1. The van der Waals surface area contributed by atoms with E-state index in [1.165, 1.54) is 6.26 Å². The van der Waals surface area contributed by atoms with E-state index in [1.807, 2.05) is 39.0 Å². The minimum atomic E-state index is -0.821. The number of aryl methyl sites for hydroxylation is 2. The van der Waals surface area contributed by atoms with Gasteiger partial charge < -0.3 is 23.4 Å². The third-order valence-corrected chi connectivity index (χ3v) is 4.46. The van der Waals surface area contributed by atoms with E-state index in [1.54, 1.807) is 25.1 Å². The van der Waals surface area contributed by atoms with Gasteiger partial charge in [-0.25, -0.2) is 4.79 Å². The molecule has 0 bridgehead atoms.